The van der Waals surface area contributed by atoms with Gasteiger partial charge in [-0.1, -0.05) is 163 Å². The van der Waals surface area contributed by atoms with Gasteiger partial charge in [0.05, 0.1) is 12.5 Å². The SMILES string of the molecule is CC(C)C(OC(=O)[C@@H]1CCCN1C(=O)[C@H](C)OCc1ccccc1)C(=O)N(C)[C@H](C(=O)N1CCC[C@H]1C(=O)N[C@H](C(=O)N1CCC[C@H]1C(=O)N[C@H](C(C)C)[C@@H](C)C(=O)OCc1ccccc1)[C@H](C)Cc1ccccc1)[C@H](C)Cc1ccccc1. The molecule has 3 aliphatic heterocycles. The van der Waals surface area contributed by atoms with Crippen LogP contribution in [0.25, 0.3) is 0 Å². The van der Waals surface area contributed by atoms with E-state index in [9.17, 15) is 24.0 Å². The van der Waals surface area contributed by atoms with E-state index < -0.39 is 114 Å². The summed E-state index contributed by atoms with van der Waals surface area (Å²) in [7, 11) is 1.53. The van der Waals surface area contributed by atoms with Gasteiger partial charge >= 0.3 is 11.9 Å². The molecule has 3 aliphatic rings. The Hall–Kier alpha value is -7.40. The summed E-state index contributed by atoms with van der Waals surface area (Å²) >= 11 is 0. The fourth-order valence-corrected chi connectivity index (χ4v) is 12.2. The van der Waals surface area contributed by atoms with Crippen LogP contribution in [0, 0.1) is 29.6 Å². The average molecular weight is 1150 g/mol. The van der Waals surface area contributed by atoms with E-state index in [1.54, 1.807) is 32.6 Å². The van der Waals surface area contributed by atoms with Crippen LogP contribution in [0.3, 0.4) is 0 Å². The molecule has 0 bridgehead atoms. The molecule has 17 heteroatoms. The highest BCUT2D eigenvalue weighted by Gasteiger charge is 2.47. The highest BCUT2D eigenvalue weighted by molar-refractivity contribution is 5.97. The van der Waals surface area contributed by atoms with Gasteiger partial charge in [0.2, 0.25) is 23.6 Å². The zero-order valence-corrected chi connectivity index (χ0v) is 50.5. The minimum Gasteiger partial charge on any atom is -0.461 e. The van der Waals surface area contributed by atoms with Crippen molar-refractivity contribution >= 4 is 47.4 Å². The van der Waals surface area contributed by atoms with Crippen LogP contribution in [-0.2, 0) is 78.6 Å². The lowest BCUT2D eigenvalue weighted by Gasteiger charge is -2.39. The van der Waals surface area contributed by atoms with Crippen molar-refractivity contribution in [2.24, 2.45) is 29.6 Å². The Morgan fingerprint density at radius 2 is 0.964 bits per heavy atom. The van der Waals surface area contributed by atoms with Crippen LogP contribution in [0.5, 0.6) is 0 Å². The van der Waals surface area contributed by atoms with E-state index in [1.165, 1.54) is 21.7 Å². The van der Waals surface area contributed by atoms with E-state index in [0.717, 1.165) is 22.3 Å². The lowest BCUT2D eigenvalue weighted by Crippen LogP contribution is -2.61. The summed E-state index contributed by atoms with van der Waals surface area (Å²) in [5.74, 6) is -6.31. The largest absolute Gasteiger partial charge is 0.461 e. The van der Waals surface area contributed by atoms with Crippen LogP contribution in [-0.4, -0.2) is 142 Å². The second-order valence-electron chi connectivity index (χ2n) is 24.0. The van der Waals surface area contributed by atoms with Gasteiger partial charge in [-0.05, 0) is 111 Å². The molecule has 6 amide bonds. The van der Waals surface area contributed by atoms with E-state index in [4.69, 9.17) is 14.2 Å². The van der Waals surface area contributed by atoms with Crippen molar-refractivity contribution in [2.75, 3.05) is 26.7 Å². The molecule has 2 N–H and O–H groups in total. The molecule has 84 heavy (non-hydrogen) atoms. The van der Waals surface area contributed by atoms with Gasteiger partial charge in [0.25, 0.3) is 11.8 Å². The molecule has 0 radical (unpaired) electrons. The van der Waals surface area contributed by atoms with Crippen molar-refractivity contribution < 1.29 is 52.6 Å². The second-order valence-corrected chi connectivity index (χ2v) is 24.0. The molecule has 452 valence electrons. The molecule has 0 aromatic heterocycles. The van der Waals surface area contributed by atoms with Gasteiger partial charge in [0.15, 0.2) is 6.10 Å². The molecule has 4 aromatic rings. The smallest absolute Gasteiger partial charge is 0.329 e. The van der Waals surface area contributed by atoms with Crippen LogP contribution >= 0.6 is 0 Å². The fourth-order valence-electron chi connectivity index (χ4n) is 12.2. The summed E-state index contributed by atoms with van der Waals surface area (Å²) in [5.41, 5.74) is 3.62. The molecular formula is C67H88N6O11. The zero-order chi connectivity index (χ0) is 60.6. The third-order valence-electron chi connectivity index (χ3n) is 16.9. The van der Waals surface area contributed by atoms with Crippen LogP contribution < -0.4 is 10.6 Å². The topological polar surface area (TPSA) is 201 Å². The summed E-state index contributed by atoms with van der Waals surface area (Å²) in [6.45, 7) is 15.6. The molecule has 17 nitrogen and oxygen atoms in total. The quantitative estimate of drug-likeness (QED) is 0.0583. The van der Waals surface area contributed by atoms with Gasteiger partial charge in [-0.25, -0.2) is 4.79 Å². The summed E-state index contributed by atoms with van der Waals surface area (Å²) < 4.78 is 17.7. The van der Waals surface area contributed by atoms with Gasteiger partial charge in [-0.2, -0.15) is 0 Å². The third-order valence-corrected chi connectivity index (χ3v) is 16.9. The number of rotatable bonds is 26. The first-order valence-electron chi connectivity index (χ1n) is 30.2. The number of hydrogen-bond donors (Lipinski definition) is 2. The summed E-state index contributed by atoms with van der Waals surface area (Å²) in [6.07, 6.45) is 1.23. The lowest BCUT2D eigenvalue weighted by atomic mass is 9.90. The Balaban J connectivity index is 1.09. The number of nitrogens with zero attached hydrogens (tertiary/aromatic N) is 4. The molecule has 7 rings (SSSR count). The van der Waals surface area contributed by atoms with Gasteiger partial charge in [0.1, 0.15) is 42.9 Å². The van der Waals surface area contributed by atoms with Crippen molar-refractivity contribution in [1.29, 1.82) is 0 Å². The van der Waals surface area contributed by atoms with Crippen LogP contribution in [0.2, 0.25) is 0 Å². The number of amides is 6. The number of carbonyl (C=O) groups excluding carboxylic acids is 8. The zero-order valence-electron chi connectivity index (χ0n) is 50.5. The lowest BCUT2D eigenvalue weighted by molar-refractivity contribution is -0.171. The Morgan fingerprint density at radius 1 is 0.524 bits per heavy atom. The first-order valence-corrected chi connectivity index (χ1v) is 30.2. The first kappa shape index (κ1) is 64.2. The number of esters is 2. The maximum absolute atomic E-state index is 15.5. The van der Waals surface area contributed by atoms with Crippen LogP contribution in [0.4, 0.5) is 0 Å². The van der Waals surface area contributed by atoms with Crippen LogP contribution in [0.15, 0.2) is 121 Å². The van der Waals surface area contributed by atoms with Gasteiger partial charge in [0, 0.05) is 32.7 Å². The molecule has 3 fully saturated rings. The van der Waals surface area contributed by atoms with E-state index in [0.29, 0.717) is 57.9 Å². The van der Waals surface area contributed by atoms with E-state index in [2.05, 4.69) is 10.6 Å². The number of carbonyl (C=O) groups is 8. The van der Waals surface area contributed by atoms with Crippen molar-refractivity contribution in [3.05, 3.63) is 144 Å². The maximum atomic E-state index is 15.5. The number of hydrogen-bond acceptors (Lipinski definition) is 11. The van der Waals surface area contributed by atoms with Crippen molar-refractivity contribution in [2.45, 2.75) is 168 Å². The molecule has 0 aliphatic carbocycles. The Morgan fingerprint density at radius 3 is 1.46 bits per heavy atom. The number of ether oxygens (including phenoxy) is 3. The standard InChI is InChI=1S/C67H88N6O11/c1-43(2)56(47(7)66(80)83-42-52-31-20-13-21-32-52)68-60(74)53-33-22-36-71(53)63(77)57(45(5)39-49-25-14-10-15-26-49)69-61(75)54-34-23-37-72(54)64(78)58(46(6)40-50-27-16-11-17-28-50)70(9)65(79)59(44(3)4)84-67(81)55-35-24-38-73(55)62(76)48(8)82-41-51-29-18-12-19-30-51/h10-21,25-32,43-48,53-59H,22-24,33-42H2,1-9H3,(H,68,74)(H,69,75)/t45-,46-,47-,48+,53+,54+,55+,56-,57+,58+,59?/m1/s1. The number of likely N-dealkylation sites (tertiary alicyclic amines) is 3. The number of likely N-dealkylation sites (N-methyl/N-ethyl adjacent to an activating group) is 1. The van der Waals surface area contributed by atoms with E-state index >= 15 is 14.4 Å². The Kier molecular flexibility index (Phi) is 23.2. The summed E-state index contributed by atoms with van der Waals surface area (Å²) in [4.78, 5) is 122. The number of benzene rings is 4. The van der Waals surface area contributed by atoms with Gasteiger partial charge in [-0.15, -0.1) is 0 Å². The molecule has 4 aromatic carbocycles. The third kappa shape index (κ3) is 16.5. The van der Waals surface area contributed by atoms with Gasteiger partial charge < -0.3 is 44.4 Å². The Labute approximate surface area is 496 Å². The molecule has 0 spiro atoms. The predicted octanol–water partition coefficient (Wildman–Crippen LogP) is 7.72. The highest BCUT2D eigenvalue weighted by Crippen LogP contribution is 2.30. The normalized spacial score (nSPS) is 19.8. The highest BCUT2D eigenvalue weighted by atomic mass is 16.6. The summed E-state index contributed by atoms with van der Waals surface area (Å²) in [6, 6.07) is 32.4. The van der Waals surface area contributed by atoms with Crippen molar-refractivity contribution in [3.63, 3.8) is 0 Å². The minimum absolute atomic E-state index is 0.0929. The maximum Gasteiger partial charge on any atom is 0.329 e. The molecule has 3 saturated heterocycles. The van der Waals surface area contributed by atoms with Crippen LogP contribution in [0.1, 0.15) is 116 Å². The minimum atomic E-state index is -1.32. The van der Waals surface area contributed by atoms with E-state index in [-0.39, 0.29) is 38.1 Å². The van der Waals surface area contributed by atoms with Crippen molar-refractivity contribution in [1.82, 2.24) is 30.2 Å². The molecule has 0 saturated carbocycles. The van der Waals surface area contributed by atoms with E-state index in [1.807, 2.05) is 149 Å². The monoisotopic (exact) mass is 1150 g/mol. The molecule has 3 heterocycles. The van der Waals surface area contributed by atoms with Crippen molar-refractivity contribution in [3.8, 4) is 0 Å². The van der Waals surface area contributed by atoms with Gasteiger partial charge in [-0.3, -0.25) is 33.6 Å². The second kappa shape index (κ2) is 30.4. The summed E-state index contributed by atoms with van der Waals surface area (Å²) in [5, 5.41) is 6.21. The first-order chi connectivity index (χ1) is 40.2. The Bertz CT molecular complexity index is 2840. The predicted molar refractivity (Wildman–Crippen MR) is 319 cm³/mol. The molecule has 1 unspecified atom stereocenters. The molecular weight excluding hydrogens is 1060 g/mol. The number of nitrogens with one attached hydrogen (secondary N) is 2. The average Bonchev–Trinajstić information content (AvgIpc) is 4.02. The fraction of sp³-hybridized carbons (Fsp3) is 0.522. The molecule has 11 atom stereocenters.